The summed E-state index contributed by atoms with van der Waals surface area (Å²) in [6, 6.07) is 6.60. The number of allylic oxidation sites excluding steroid dienone is 4. The number of carbonyl (C=O) groups is 3. The van der Waals surface area contributed by atoms with Crippen LogP contribution >= 0.6 is 0 Å². The Morgan fingerprint density at radius 3 is 2.08 bits per heavy atom. The van der Waals surface area contributed by atoms with Crippen LogP contribution < -0.4 is 4.90 Å². The molecule has 2 fully saturated rings. The molecule has 2 bridgehead atoms. The minimum Gasteiger partial charge on any atom is -0.465 e. The number of carbonyl (C=O) groups excluding carboxylic acids is 3. The van der Waals surface area contributed by atoms with E-state index in [1.165, 1.54) is 23.2 Å². The molecule has 0 radical (unpaired) electrons. The number of anilines is 1. The fourth-order valence-corrected chi connectivity index (χ4v) is 4.62. The van der Waals surface area contributed by atoms with E-state index < -0.39 is 5.97 Å². The molecule has 2 amide bonds. The van der Waals surface area contributed by atoms with Crippen LogP contribution in [-0.4, -0.2) is 24.9 Å². The zero-order valence-corrected chi connectivity index (χ0v) is 14.4. The molecule has 0 unspecified atom stereocenters. The van der Waals surface area contributed by atoms with Crippen LogP contribution in [0.2, 0.25) is 0 Å². The average Bonchev–Trinajstić information content (AvgIpc) is 3.24. The smallest absolute Gasteiger partial charge is 0.339 e. The third kappa shape index (κ3) is 1.98. The number of hydrogen-bond acceptors (Lipinski definition) is 4. The van der Waals surface area contributed by atoms with Crippen molar-refractivity contribution in [2.75, 3.05) is 12.0 Å². The van der Waals surface area contributed by atoms with Crippen LogP contribution in [0, 0.1) is 23.7 Å². The number of methoxy groups -OCH3 is 1. The number of esters is 1. The Morgan fingerprint density at radius 1 is 1.00 bits per heavy atom. The fourth-order valence-electron chi connectivity index (χ4n) is 4.62. The molecule has 1 saturated heterocycles. The van der Waals surface area contributed by atoms with Gasteiger partial charge in [-0.3, -0.25) is 9.59 Å². The molecule has 4 atom stereocenters. The van der Waals surface area contributed by atoms with E-state index in [1.807, 2.05) is 13.8 Å². The number of nitrogens with zero attached hydrogens (tertiary/aromatic N) is 1. The molecule has 5 nitrogen and oxygen atoms in total. The summed E-state index contributed by atoms with van der Waals surface area (Å²) in [4.78, 5) is 39.5. The number of ether oxygens (including phenoxy) is 1. The van der Waals surface area contributed by atoms with Gasteiger partial charge >= 0.3 is 5.97 Å². The summed E-state index contributed by atoms with van der Waals surface area (Å²) in [5.41, 5.74) is 2.93. The first kappa shape index (κ1) is 15.8. The topological polar surface area (TPSA) is 63.7 Å². The molecule has 25 heavy (non-hydrogen) atoms. The van der Waals surface area contributed by atoms with Gasteiger partial charge in [-0.05, 0) is 26.0 Å². The van der Waals surface area contributed by atoms with Crippen molar-refractivity contribution in [3.63, 3.8) is 0 Å². The Labute approximate surface area is 146 Å². The Balaban J connectivity index is 1.79. The Morgan fingerprint density at radius 2 is 1.56 bits per heavy atom. The van der Waals surface area contributed by atoms with Crippen molar-refractivity contribution in [3.05, 3.63) is 53.1 Å². The van der Waals surface area contributed by atoms with Gasteiger partial charge in [0.05, 0.1) is 30.2 Å². The molecule has 4 rings (SSSR count). The van der Waals surface area contributed by atoms with Gasteiger partial charge in [-0.2, -0.15) is 0 Å². The van der Waals surface area contributed by atoms with Crippen LogP contribution in [0.25, 0.3) is 0 Å². The predicted molar refractivity (Wildman–Crippen MR) is 91.7 cm³/mol. The van der Waals surface area contributed by atoms with Crippen LogP contribution in [0.1, 0.15) is 24.2 Å². The fraction of sp³-hybridized carbons (Fsp3) is 0.350. The maximum absolute atomic E-state index is 13.1. The Bertz CT molecular complexity index is 828. The highest BCUT2D eigenvalue weighted by Crippen LogP contribution is 2.57. The first-order chi connectivity index (χ1) is 12.0. The lowest BCUT2D eigenvalue weighted by Crippen LogP contribution is -2.34. The van der Waals surface area contributed by atoms with Gasteiger partial charge in [0.2, 0.25) is 11.8 Å². The van der Waals surface area contributed by atoms with Gasteiger partial charge in [0.1, 0.15) is 0 Å². The Kier molecular flexibility index (Phi) is 3.42. The van der Waals surface area contributed by atoms with Crippen LogP contribution in [0.4, 0.5) is 5.69 Å². The van der Waals surface area contributed by atoms with Crippen molar-refractivity contribution in [2.24, 2.45) is 23.7 Å². The van der Waals surface area contributed by atoms with Gasteiger partial charge < -0.3 is 4.74 Å². The molecule has 0 aromatic heterocycles. The highest BCUT2D eigenvalue weighted by Gasteiger charge is 2.62. The molecule has 3 aliphatic rings. The van der Waals surface area contributed by atoms with Crippen molar-refractivity contribution >= 4 is 23.5 Å². The van der Waals surface area contributed by atoms with Gasteiger partial charge in [-0.25, -0.2) is 9.69 Å². The number of amides is 2. The molecule has 1 heterocycles. The quantitative estimate of drug-likeness (QED) is 0.473. The van der Waals surface area contributed by atoms with Gasteiger partial charge in [-0.1, -0.05) is 35.4 Å². The lowest BCUT2D eigenvalue weighted by atomic mass is 9.85. The predicted octanol–water partition coefficient (Wildman–Crippen LogP) is 2.73. The molecule has 128 valence electrons. The minimum absolute atomic E-state index is 0.00765. The number of fused-ring (bicyclic) bond motifs is 5. The second kappa shape index (κ2) is 5.41. The van der Waals surface area contributed by atoms with Crippen molar-refractivity contribution in [1.82, 2.24) is 0 Å². The van der Waals surface area contributed by atoms with Crippen molar-refractivity contribution in [2.45, 2.75) is 13.8 Å². The van der Waals surface area contributed by atoms with E-state index in [2.05, 4.69) is 12.2 Å². The highest BCUT2D eigenvalue weighted by molar-refractivity contribution is 6.25. The molecule has 1 saturated carbocycles. The molecule has 1 aromatic carbocycles. The summed E-state index contributed by atoms with van der Waals surface area (Å²) in [6.07, 6.45) is 4.10. The second-order valence-corrected chi connectivity index (χ2v) is 6.96. The normalized spacial score (nSPS) is 29.4. The van der Waals surface area contributed by atoms with Gasteiger partial charge in [0.15, 0.2) is 0 Å². The van der Waals surface area contributed by atoms with Crippen molar-refractivity contribution < 1.29 is 19.1 Å². The SMILES string of the molecule is COC(=O)c1ccccc1N1C(=O)[C@H]2[C@H](C1=O)[C@@H]1C=C[C@@H]2C1=C(C)C. The monoisotopic (exact) mass is 337 g/mol. The number of rotatable bonds is 2. The molecular weight excluding hydrogens is 318 g/mol. The average molecular weight is 337 g/mol. The third-order valence-corrected chi connectivity index (χ3v) is 5.54. The lowest BCUT2D eigenvalue weighted by molar-refractivity contribution is -0.122. The standard InChI is InChI=1S/C20H19NO4/c1-10(2)15-12-8-9-13(15)17-16(12)18(22)21(19(17)23)14-7-5-4-6-11(14)20(24)25-3/h4-9,12-13,16-17H,1-3H3/t12-,13-,16-,17-/m1/s1. The van der Waals surface area contributed by atoms with Gasteiger partial charge in [-0.15, -0.1) is 0 Å². The zero-order chi connectivity index (χ0) is 17.9. The van der Waals surface area contributed by atoms with Gasteiger partial charge in [0.25, 0.3) is 0 Å². The summed E-state index contributed by atoms with van der Waals surface area (Å²) in [7, 11) is 1.28. The number of para-hydroxylation sites is 1. The number of imide groups is 1. The zero-order valence-electron chi connectivity index (χ0n) is 14.4. The van der Waals surface area contributed by atoms with Crippen molar-refractivity contribution in [3.8, 4) is 0 Å². The van der Waals surface area contributed by atoms with E-state index in [-0.39, 0.29) is 41.0 Å². The van der Waals surface area contributed by atoms with Gasteiger partial charge in [0, 0.05) is 11.8 Å². The first-order valence-corrected chi connectivity index (χ1v) is 8.38. The van der Waals surface area contributed by atoms with Crippen LogP contribution in [-0.2, 0) is 14.3 Å². The number of benzene rings is 1. The number of hydrogen-bond donors (Lipinski definition) is 0. The summed E-state index contributed by atoms with van der Waals surface area (Å²) >= 11 is 0. The summed E-state index contributed by atoms with van der Waals surface area (Å²) in [5, 5.41) is 0. The largest absolute Gasteiger partial charge is 0.465 e. The second-order valence-electron chi connectivity index (χ2n) is 6.96. The molecule has 0 spiro atoms. The molecule has 1 aliphatic heterocycles. The van der Waals surface area contributed by atoms with E-state index in [9.17, 15) is 14.4 Å². The maximum Gasteiger partial charge on any atom is 0.339 e. The Hall–Kier alpha value is -2.69. The van der Waals surface area contributed by atoms with Crippen LogP contribution in [0.5, 0.6) is 0 Å². The molecule has 0 N–H and O–H groups in total. The van der Waals surface area contributed by atoms with E-state index in [0.717, 1.165) is 0 Å². The molecule has 5 heteroatoms. The molecule has 2 aliphatic carbocycles. The summed E-state index contributed by atoms with van der Waals surface area (Å²) in [5.74, 6) is -1.74. The maximum atomic E-state index is 13.1. The van der Waals surface area contributed by atoms with E-state index in [0.29, 0.717) is 5.69 Å². The van der Waals surface area contributed by atoms with Crippen molar-refractivity contribution in [1.29, 1.82) is 0 Å². The third-order valence-electron chi connectivity index (χ3n) is 5.54. The van der Waals surface area contributed by atoms with E-state index in [1.54, 1.807) is 24.3 Å². The molecular formula is C20H19NO4. The first-order valence-electron chi connectivity index (χ1n) is 8.38. The van der Waals surface area contributed by atoms with Crippen LogP contribution in [0.15, 0.2) is 47.6 Å². The van der Waals surface area contributed by atoms with E-state index in [4.69, 9.17) is 4.74 Å². The van der Waals surface area contributed by atoms with E-state index >= 15 is 0 Å². The lowest BCUT2D eigenvalue weighted by Gasteiger charge is -2.21. The van der Waals surface area contributed by atoms with Crippen LogP contribution in [0.3, 0.4) is 0 Å². The minimum atomic E-state index is -0.556. The molecule has 1 aromatic rings. The highest BCUT2D eigenvalue weighted by atomic mass is 16.5. The summed E-state index contributed by atoms with van der Waals surface area (Å²) < 4.78 is 4.80. The summed E-state index contributed by atoms with van der Waals surface area (Å²) in [6.45, 7) is 4.06.